The van der Waals surface area contributed by atoms with Crippen molar-refractivity contribution in [2.24, 2.45) is 0 Å². The number of ether oxygens (including phenoxy) is 2. The quantitative estimate of drug-likeness (QED) is 0.520. The van der Waals surface area contributed by atoms with Crippen LogP contribution in [0, 0.1) is 0 Å². The Bertz CT molecular complexity index is 635. The Morgan fingerprint density at radius 3 is 2.40 bits per heavy atom. The Kier molecular flexibility index (Phi) is 9.83. The third kappa shape index (κ3) is 10.2. The molecule has 1 atom stereocenters. The summed E-state index contributed by atoms with van der Waals surface area (Å²) in [6.07, 6.45) is -4.35. The molecule has 7 nitrogen and oxygen atoms in total. The van der Waals surface area contributed by atoms with Gasteiger partial charge in [0.15, 0.2) is 0 Å². The molecule has 0 spiro atoms. The van der Waals surface area contributed by atoms with Crippen molar-refractivity contribution < 1.29 is 32.5 Å². The predicted octanol–water partition coefficient (Wildman–Crippen LogP) is 1.97. The standard InChI is InChI=1S/C20H30F3N3O4/c1-16(27)24-17-3-5-19(6-4-17)30-14-18(28)13-26-10-8-25(9-11-26)7-2-12-29-15-20(21,22)23/h3-6,18,28H,2,7-15H2,1H3,(H,24,27). The van der Waals surface area contributed by atoms with Gasteiger partial charge in [0.1, 0.15) is 25.1 Å². The van der Waals surface area contributed by atoms with Crippen LogP contribution in [-0.4, -0.2) is 92.2 Å². The van der Waals surface area contributed by atoms with E-state index in [-0.39, 0.29) is 19.1 Å². The maximum absolute atomic E-state index is 12.0. The van der Waals surface area contributed by atoms with E-state index >= 15 is 0 Å². The first kappa shape index (κ1) is 24.4. The van der Waals surface area contributed by atoms with Gasteiger partial charge in [0.2, 0.25) is 5.91 Å². The molecule has 0 aromatic heterocycles. The summed E-state index contributed by atoms with van der Waals surface area (Å²) >= 11 is 0. The minimum absolute atomic E-state index is 0.0988. The van der Waals surface area contributed by atoms with Crippen LogP contribution in [-0.2, 0) is 9.53 Å². The minimum atomic E-state index is -4.27. The Balaban J connectivity index is 1.56. The second-order valence-corrected chi connectivity index (χ2v) is 7.33. The van der Waals surface area contributed by atoms with Gasteiger partial charge < -0.3 is 24.8 Å². The molecule has 1 fully saturated rings. The Hall–Kier alpha value is -1.88. The molecule has 1 saturated heterocycles. The average Bonchev–Trinajstić information content (AvgIpc) is 2.67. The van der Waals surface area contributed by atoms with Gasteiger partial charge in [0, 0.05) is 58.5 Å². The molecule has 10 heteroatoms. The van der Waals surface area contributed by atoms with Crippen molar-refractivity contribution >= 4 is 11.6 Å². The fourth-order valence-corrected chi connectivity index (χ4v) is 3.15. The van der Waals surface area contributed by atoms with Gasteiger partial charge in [-0.15, -0.1) is 0 Å². The SMILES string of the molecule is CC(=O)Nc1ccc(OCC(O)CN2CCN(CCCOCC(F)(F)F)CC2)cc1. The molecule has 1 aromatic rings. The zero-order valence-corrected chi connectivity index (χ0v) is 17.2. The number of nitrogens with zero attached hydrogens (tertiary/aromatic N) is 2. The van der Waals surface area contributed by atoms with Gasteiger partial charge in [-0.05, 0) is 30.7 Å². The second-order valence-electron chi connectivity index (χ2n) is 7.33. The predicted molar refractivity (Wildman–Crippen MR) is 107 cm³/mol. The smallest absolute Gasteiger partial charge is 0.411 e. The highest BCUT2D eigenvalue weighted by Crippen LogP contribution is 2.16. The molecule has 1 aliphatic rings. The highest BCUT2D eigenvalue weighted by Gasteiger charge is 2.27. The minimum Gasteiger partial charge on any atom is -0.491 e. The van der Waals surface area contributed by atoms with Gasteiger partial charge in [0.25, 0.3) is 0 Å². The van der Waals surface area contributed by atoms with Gasteiger partial charge >= 0.3 is 6.18 Å². The molecular formula is C20H30F3N3O4. The second kappa shape index (κ2) is 12.1. The number of rotatable bonds is 11. The lowest BCUT2D eigenvalue weighted by atomic mass is 10.2. The Labute approximate surface area is 174 Å². The van der Waals surface area contributed by atoms with Crippen LogP contribution >= 0.6 is 0 Å². The third-order valence-corrected chi connectivity index (χ3v) is 4.58. The number of aliphatic hydroxyl groups is 1. The highest BCUT2D eigenvalue weighted by molar-refractivity contribution is 5.88. The number of aliphatic hydroxyl groups excluding tert-OH is 1. The van der Waals surface area contributed by atoms with Crippen molar-refractivity contribution in [3.8, 4) is 5.75 Å². The molecule has 30 heavy (non-hydrogen) atoms. The maximum Gasteiger partial charge on any atom is 0.411 e. The van der Waals surface area contributed by atoms with Gasteiger partial charge in [-0.25, -0.2) is 0 Å². The summed E-state index contributed by atoms with van der Waals surface area (Å²) in [5.41, 5.74) is 0.681. The van der Waals surface area contributed by atoms with Gasteiger partial charge in [-0.3, -0.25) is 9.69 Å². The summed E-state index contributed by atoms with van der Waals surface area (Å²) in [6.45, 7) is 4.87. The van der Waals surface area contributed by atoms with Gasteiger partial charge in [0.05, 0.1) is 0 Å². The number of alkyl halides is 3. The summed E-state index contributed by atoms with van der Waals surface area (Å²) in [5, 5.41) is 12.9. The molecule has 1 amide bonds. The molecule has 0 radical (unpaired) electrons. The molecule has 1 heterocycles. The molecule has 0 bridgehead atoms. The topological polar surface area (TPSA) is 74.3 Å². The van der Waals surface area contributed by atoms with E-state index in [0.29, 0.717) is 30.9 Å². The van der Waals surface area contributed by atoms with Crippen molar-refractivity contribution in [1.29, 1.82) is 0 Å². The number of nitrogens with one attached hydrogen (secondary N) is 1. The number of carbonyl (C=O) groups excluding carboxylic acids is 1. The van der Waals surface area contributed by atoms with E-state index in [2.05, 4.69) is 19.9 Å². The highest BCUT2D eigenvalue weighted by atomic mass is 19.4. The monoisotopic (exact) mass is 433 g/mol. The number of piperazine rings is 1. The lowest BCUT2D eigenvalue weighted by Crippen LogP contribution is -2.49. The normalized spacial score (nSPS) is 17.0. The van der Waals surface area contributed by atoms with Crippen LogP contribution in [0.15, 0.2) is 24.3 Å². The van der Waals surface area contributed by atoms with Crippen LogP contribution < -0.4 is 10.1 Å². The van der Waals surface area contributed by atoms with E-state index in [9.17, 15) is 23.1 Å². The molecular weight excluding hydrogens is 403 g/mol. The van der Waals surface area contributed by atoms with Crippen LogP contribution in [0.2, 0.25) is 0 Å². The first-order chi connectivity index (χ1) is 14.2. The Morgan fingerprint density at radius 1 is 1.17 bits per heavy atom. The lowest BCUT2D eigenvalue weighted by Gasteiger charge is -2.35. The number of hydrogen-bond donors (Lipinski definition) is 2. The number of halogens is 3. The molecule has 0 saturated carbocycles. The van der Waals surface area contributed by atoms with Gasteiger partial charge in [-0.1, -0.05) is 0 Å². The average molecular weight is 433 g/mol. The molecule has 1 aliphatic heterocycles. The van der Waals surface area contributed by atoms with Crippen molar-refractivity contribution in [1.82, 2.24) is 9.80 Å². The zero-order valence-electron chi connectivity index (χ0n) is 17.2. The van der Waals surface area contributed by atoms with Crippen LogP contribution in [0.3, 0.4) is 0 Å². The van der Waals surface area contributed by atoms with Crippen LogP contribution in [0.1, 0.15) is 13.3 Å². The number of amides is 1. The van der Waals surface area contributed by atoms with Crippen molar-refractivity contribution in [3.63, 3.8) is 0 Å². The van der Waals surface area contributed by atoms with Crippen LogP contribution in [0.4, 0.5) is 18.9 Å². The molecule has 1 unspecified atom stereocenters. The van der Waals surface area contributed by atoms with E-state index in [1.54, 1.807) is 24.3 Å². The van der Waals surface area contributed by atoms with Crippen LogP contribution in [0.25, 0.3) is 0 Å². The van der Waals surface area contributed by atoms with Crippen LogP contribution in [0.5, 0.6) is 5.75 Å². The summed E-state index contributed by atoms with van der Waals surface area (Å²) in [7, 11) is 0. The molecule has 0 aliphatic carbocycles. The van der Waals surface area contributed by atoms with Crippen molar-refractivity contribution in [2.75, 3.05) is 64.4 Å². The Morgan fingerprint density at radius 2 is 1.80 bits per heavy atom. The molecule has 170 valence electrons. The lowest BCUT2D eigenvalue weighted by molar-refractivity contribution is -0.174. The van der Waals surface area contributed by atoms with E-state index in [1.165, 1.54) is 6.92 Å². The van der Waals surface area contributed by atoms with Gasteiger partial charge in [-0.2, -0.15) is 13.2 Å². The third-order valence-electron chi connectivity index (χ3n) is 4.58. The maximum atomic E-state index is 12.0. The molecule has 1 aromatic carbocycles. The number of anilines is 1. The molecule has 2 rings (SSSR count). The zero-order chi connectivity index (χ0) is 22.0. The van der Waals surface area contributed by atoms with Crippen molar-refractivity contribution in [3.05, 3.63) is 24.3 Å². The number of β-amino-alcohol motifs (C(OH)–C–C–N with tert-alkyl or cyclic N) is 1. The summed E-state index contributed by atoms with van der Waals surface area (Å²) < 4.78 is 46.2. The largest absolute Gasteiger partial charge is 0.491 e. The fourth-order valence-electron chi connectivity index (χ4n) is 3.15. The first-order valence-corrected chi connectivity index (χ1v) is 9.99. The summed E-state index contributed by atoms with van der Waals surface area (Å²) in [5.74, 6) is 0.467. The van der Waals surface area contributed by atoms with E-state index in [1.807, 2.05) is 0 Å². The summed E-state index contributed by atoms with van der Waals surface area (Å²) in [6, 6.07) is 6.93. The summed E-state index contributed by atoms with van der Waals surface area (Å²) in [4.78, 5) is 15.3. The number of hydrogen-bond acceptors (Lipinski definition) is 6. The fraction of sp³-hybridized carbons (Fsp3) is 0.650. The van der Waals surface area contributed by atoms with E-state index < -0.39 is 18.9 Å². The number of carbonyl (C=O) groups is 1. The van der Waals surface area contributed by atoms with E-state index in [4.69, 9.17) is 4.74 Å². The molecule has 2 N–H and O–H groups in total. The van der Waals surface area contributed by atoms with E-state index in [0.717, 1.165) is 26.2 Å². The number of benzene rings is 1. The van der Waals surface area contributed by atoms with Crippen molar-refractivity contribution in [2.45, 2.75) is 25.6 Å². The first-order valence-electron chi connectivity index (χ1n) is 9.99.